The van der Waals surface area contributed by atoms with Gasteiger partial charge in [0.1, 0.15) is 17.5 Å². The van der Waals surface area contributed by atoms with Crippen molar-refractivity contribution in [1.29, 1.82) is 0 Å². The monoisotopic (exact) mass is 319 g/mol. The van der Waals surface area contributed by atoms with Crippen LogP contribution < -0.4 is 10.6 Å². The van der Waals surface area contributed by atoms with Crippen molar-refractivity contribution in [1.82, 2.24) is 14.9 Å². The van der Waals surface area contributed by atoms with Crippen molar-refractivity contribution in [3.05, 3.63) is 11.9 Å². The third kappa shape index (κ3) is 5.32. The first-order chi connectivity index (χ1) is 11.3. The van der Waals surface area contributed by atoms with Crippen LogP contribution >= 0.6 is 0 Å². The van der Waals surface area contributed by atoms with Gasteiger partial charge in [-0.2, -0.15) is 0 Å². The van der Waals surface area contributed by atoms with E-state index in [1.807, 2.05) is 13.0 Å². The Kier molecular flexibility index (Phi) is 6.05. The van der Waals surface area contributed by atoms with Crippen LogP contribution in [0.3, 0.4) is 0 Å². The number of hydrogen-bond acceptors (Lipinski definition) is 6. The molecule has 1 aromatic heterocycles. The molecule has 6 nitrogen and oxygen atoms in total. The first-order valence-electron chi connectivity index (χ1n) is 8.96. The third-order valence-corrected chi connectivity index (χ3v) is 4.63. The second-order valence-electron chi connectivity index (χ2n) is 6.55. The number of aryl methyl sites for hydroxylation is 1. The van der Waals surface area contributed by atoms with Crippen molar-refractivity contribution in [3.8, 4) is 0 Å². The van der Waals surface area contributed by atoms with Crippen LogP contribution in [0, 0.1) is 6.92 Å². The van der Waals surface area contributed by atoms with E-state index in [-0.39, 0.29) is 0 Å². The molecule has 0 unspecified atom stereocenters. The van der Waals surface area contributed by atoms with E-state index in [0.717, 1.165) is 56.9 Å². The van der Waals surface area contributed by atoms with Crippen LogP contribution in [-0.4, -0.2) is 60.3 Å². The minimum atomic E-state index is 0.569. The number of rotatable bonds is 6. The second-order valence-corrected chi connectivity index (χ2v) is 6.55. The summed E-state index contributed by atoms with van der Waals surface area (Å²) in [6.45, 7) is 7.64. The Bertz CT molecular complexity index is 484. The van der Waals surface area contributed by atoms with Crippen LogP contribution in [0.15, 0.2) is 6.07 Å². The van der Waals surface area contributed by atoms with Gasteiger partial charge in [0.15, 0.2) is 0 Å². The summed E-state index contributed by atoms with van der Waals surface area (Å²) in [5.74, 6) is 2.70. The maximum atomic E-state index is 5.38. The Hall–Kier alpha value is -1.40. The molecule has 0 spiro atoms. The third-order valence-electron chi connectivity index (χ3n) is 4.63. The second kappa shape index (κ2) is 8.45. The SMILES string of the molecule is Cc1nc(NCCN2CCOCC2)cc(NC2CCCCC2)n1. The molecule has 0 aromatic carbocycles. The summed E-state index contributed by atoms with van der Waals surface area (Å²) < 4.78 is 5.38. The zero-order valence-electron chi connectivity index (χ0n) is 14.2. The standard InChI is InChI=1S/C17H29N5O/c1-14-19-16(18-7-8-22-9-11-23-12-10-22)13-17(20-14)21-15-5-3-2-4-6-15/h13,15H,2-12H2,1H3,(H2,18,19,20,21). The van der Waals surface area contributed by atoms with Crippen molar-refractivity contribution < 1.29 is 4.74 Å². The van der Waals surface area contributed by atoms with Crippen LogP contribution in [0.2, 0.25) is 0 Å². The number of morpholine rings is 1. The maximum Gasteiger partial charge on any atom is 0.132 e. The van der Waals surface area contributed by atoms with Gasteiger partial charge in [-0.05, 0) is 19.8 Å². The molecule has 23 heavy (non-hydrogen) atoms. The van der Waals surface area contributed by atoms with E-state index in [0.29, 0.717) is 6.04 Å². The summed E-state index contributed by atoms with van der Waals surface area (Å²) >= 11 is 0. The van der Waals surface area contributed by atoms with Gasteiger partial charge in [0.2, 0.25) is 0 Å². The molecule has 6 heteroatoms. The number of nitrogens with one attached hydrogen (secondary N) is 2. The number of ether oxygens (including phenoxy) is 1. The van der Waals surface area contributed by atoms with Crippen molar-refractivity contribution >= 4 is 11.6 Å². The Morgan fingerprint density at radius 1 is 1.13 bits per heavy atom. The lowest BCUT2D eigenvalue weighted by molar-refractivity contribution is 0.0398. The predicted molar refractivity (Wildman–Crippen MR) is 93.0 cm³/mol. The minimum Gasteiger partial charge on any atom is -0.379 e. The highest BCUT2D eigenvalue weighted by molar-refractivity contribution is 5.48. The molecular weight excluding hydrogens is 290 g/mol. The van der Waals surface area contributed by atoms with Crippen LogP contribution in [0.25, 0.3) is 0 Å². The molecule has 2 aliphatic rings. The number of nitrogens with zero attached hydrogens (tertiary/aromatic N) is 3. The fourth-order valence-corrected chi connectivity index (χ4v) is 3.36. The Morgan fingerprint density at radius 3 is 2.65 bits per heavy atom. The molecule has 2 N–H and O–H groups in total. The van der Waals surface area contributed by atoms with E-state index in [4.69, 9.17) is 4.74 Å². The molecule has 0 radical (unpaired) electrons. The molecule has 0 atom stereocenters. The van der Waals surface area contributed by atoms with Crippen molar-refractivity contribution in [2.24, 2.45) is 0 Å². The highest BCUT2D eigenvalue weighted by atomic mass is 16.5. The van der Waals surface area contributed by atoms with Gasteiger partial charge in [-0.25, -0.2) is 9.97 Å². The van der Waals surface area contributed by atoms with Gasteiger partial charge in [-0.1, -0.05) is 19.3 Å². The Morgan fingerprint density at radius 2 is 1.87 bits per heavy atom. The van der Waals surface area contributed by atoms with E-state index in [1.165, 1.54) is 32.1 Å². The predicted octanol–water partition coefficient (Wildman–Crippen LogP) is 2.27. The van der Waals surface area contributed by atoms with E-state index in [9.17, 15) is 0 Å². The normalized spacial score (nSPS) is 20.4. The van der Waals surface area contributed by atoms with Gasteiger partial charge >= 0.3 is 0 Å². The lowest BCUT2D eigenvalue weighted by Gasteiger charge is -2.26. The Labute approximate surface area is 139 Å². The summed E-state index contributed by atoms with van der Waals surface area (Å²) in [4.78, 5) is 11.5. The minimum absolute atomic E-state index is 0.569. The Balaban J connectivity index is 1.50. The van der Waals surface area contributed by atoms with Crippen molar-refractivity contribution in [3.63, 3.8) is 0 Å². The zero-order valence-corrected chi connectivity index (χ0v) is 14.2. The van der Waals surface area contributed by atoms with Crippen LogP contribution in [0.4, 0.5) is 11.6 Å². The van der Waals surface area contributed by atoms with E-state index < -0.39 is 0 Å². The molecule has 1 saturated carbocycles. The fourth-order valence-electron chi connectivity index (χ4n) is 3.36. The summed E-state index contributed by atoms with van der Waals surface area (Å²) in [7, 11) is 0. The average molecular weight is 319 g/mol. The lowest BCUT2D eigenvalue weighted by atomic mass is 9.95. The zero-order chi connectivity index (χ0) is 15.9. The van der Waals surface area contributed by atoms with Gasteiger partial charge in [0, 0.05) is 38.3 Å². The number of anilines is 2. The van der Waals surface area contributed by atoms with Crippen molar-refractivity contribution in [2.45, 2.75) is 45.1 Å². The highest BCUT2D eigenvalue weighted by Crippen LogP contribution is 2.21. The molecule has 1 saturated heterocycles. The van der Waals surface area contributed by atoms with Gasteiger partial charge < -0.3 is 15.4 Å². The summed E-state index contributed by atoms with van der Waals surface area (Å²) in [6.07, 6.45) is 6.53. The molecule has 2 heterocycles. The smallest absolute Gasteiger partial charge is 0.132 e. The number of aromatic nitrogens is 2. The van der Waals surface area contributed by atoms with Crippen molar-refractivity contribution in [2.75, 3.05) is 50.0 Å². The first kappa shape index (κ1) is 16.5. The summed E-state index contributed by atoms with van der Waals surface area (Å²) in [5.41, 5.74) is 0. The first-order valence-corrected chi connectivity index (χ1v) is 8.96. The highest BCUT2D eigenvalue weighted by Gasteiger charge is 2.14. The van der Waals surface area contributed by atoms with Crippen LogP contribution in [0.5, 0.6) is 0 Å². The average Bonchev–Trinajstić information content (AvgIpc) is 2.56. The summed E-state index contributed by atoms with van der Waals surface area (Å²) in [6, 6.07) is 2.61. The molecule has 128 valence electrons. The topological polar surface area (TPSA) is 62.3 Å². The quantitative estimate of drug-likeness (QED) is 0.839. The van der Waals surface area contributed by atoms with E-state index in [1.54, 1.807) is 0 Å². The van der Waals surface area contributed by atoms with Gasteiger partial charge in [-0.15, -0.1) is 0 Å². The molecular formula is C17H29N5O. The molecule has 0 amide bonds. The van der Waals surface area contributed by atoms with Gasteiger partial charge in [0.05, 0.1) is 13.2 Å². The van der Waals surface area contributed by atoms with E-state index >= 15 is 0 Å². The maximum absolute atomic E-state index is 5.38. The summed E-state index contributed by atoms with van der Waals surface area (Å²) in [5, 5.41) is 7.02. The van der Waals surface area contributed by atoms with Crippen LogP contribution in [-0.2, 0) is 4.74 Å². The fraction of sp³-hybridized carbons (Fsp3) is 0.765. The molecule has 1 aliphatic carbocycles. The molecule has 3 rings (SSSR count). The molecule has 0 bridgehead atoms. The van der Waals surface area contributed by atoms with Gasteiger partial charge in [-0.3, -0.25) is 4.90 Å². The van der Waals surface area contributed by atoms with E-state index in [2.05, 4.69) is 25.5 Å². The lowest BCUT2D eigenvalue weighted by Crippen LogP contribution is -2.39. The molecule has 2 fully saturated rings. The number of hydrogen-bond donors (Lipinski definition) is 2. The molecule has 1 aliphatic heterocycles. The van der Waals surface area contributed by atoms with Crippen LogP contribution in [0.1, 0.15) is 37.9 Å². The van der Waals surface area contributed by atoms with Gasteiger partial charge in [0.25, 0.3) is 0 Å². The largest absolute Gasteiger partial charge is 0.379 e. The molecule has 1 aromatic rings.